The van der Waals surface area contributed by atoms with Crippen LogP contribution in [0.3, 0.4) is 0 Å². The van der Waals surface area contributed by atoms with Crippen molar-refractivity contribution < 1.29 is 19.0 Å². The number of hydrogen-bond donors (Lipinski definition) is 1. The van der Waals surface area contributed by atoms with E-state index in [9.17, 15) is 4.79 Å². The predicted molar refractivity (Wildman–Crippen MR) is 130 cm³/mol. The Morgan fingerprint density at radius 2 is 2.15 bits per heavy atom. The van der Waals surface area contributed by atoms with E-state index in [4.69, 9.17) is 14.2 Å². The van der Waals surface area contributed by atoms with Crippen molar-refractivity contribution in [2.24, 2.45) is 0 Å². The summed E-state index contributed by atoms with van der Waals surface area (Å²) in [7, 11) is 1.67. The topological polar surface area (TPSA) is 76.2 Å². The number of amides is 1. The molecule has 184 valence electrons. The van der Waals surface area contributed by atoms with Crippen molar-refractivity contribution >= 4 is 5.91 Å². The van der Waals surface area contributed by atoms with Crippen molar-refractivity contribution in [1.82, 2.24) is 20.1 Å². The van der Waals surface area contributed by atoms with E-state index in [1.54, 1.807) is 13.3 Å². The van der Waals surface area contributed by atoms with Crippen LogP contribution in [0.15, 0.2) is 42.7 Å². The maximum absolute atomic E-state index is 12.8. The van der Waals surface area contributed by atoms with Gasteiger partial charge in [-0.2, -0.15) is 0 Å². The van der Waals surface area contributed by atoms with Gasteiger partial charge in [0.1, 0.15) is 17.6 Å². The fraction of sp³-hybridized carbons (Fsp3) is 0.538. The first-order valence-corrected chi connectivity index (χ1v) is 12.2. The molecule has 0 spiro atoms. The maximum Gasteiger partial charge on any atom is 0.221 e. The minimum Gasteiger partial charge on any atom is -0.497 e. The third-order valence-corrected chi connectivity index (χ3v) is 6.58. The Bertz CT molecular complexity index is 920. The molecule has 1 fully saturated rings. The van der Waals surface area contributed by atoms with Crippen LogP contribution in [-0.2, 0) is 16.1 Å². The monoisotopic (exact) mass is 468 g/mol. The fourth-order valence-electron chi connectivity index (χ4n) is 4.59. The highest BCUT2D eigenvalue weighted by Crippen LogP contribution is 2.29. The third-order valence-electron chi connectivity index (χ3n) is 6.58. The molecule has 2 aliphatic rings. The Hall–Kier alpha value is -2.68. The molecular formula is C26H36N4O4. The smallest absolute Gasteiger partial charge is 0.221 e. The number of nitrogens with one attached hydrogen (secondary N) is 1. The number of fused-ring (bicyclic) bond motifs is 1. The number of morpholine rings is 1. The van der Waals surface area contributed by atoms with Gasteiger partial charge < -0.3 is 19.5 Å². The third kappa shape index (κ3) is 6.46. The second kappa shape index (κ2) is 12.1. The van der Waals surface area contributed by atoms with Crippen molar-refractivity contribution in [1.29, 1.82) is 0 Å². The lowest BCUT2D eigenvalue weighted by molar-refractivity contribution is -0.121. The van der Waals surface area contributed by atoms with Crippen LogP contribution in [0.1, 0.15) is 36.9 Å². The van der Waals surface area contributed by atoms with E-state index in [-0.39, 0.29) is 18.1 Å². The Balaban J connectivity index is 1.34. The van der Waals surface area contributed by atoms with Crippen molar-refractivity contribution in [2.45, 2.75) is 38.5 Å². The summed E-state index contributed by atoms with van der Waals surface area (Å²) in [6.07, 6.45) is 5.13. The number of aromatic nitrogens is 1. The van der Waals surface area contributed by atoms with E-state index < -0.39 is 0 Å². The van der Waals surface area contributed by atoms with Gasteiger partial charge in [-0.05, 0) is 36.2 Å². The summed E-state index contributed by atoms with van der Waals surface area (Å²) in [6, 6.07) is 10.1. The molecule has 1 saturated heterocycles. The van der Waals surface area contributed by atoms with Gasteiger partial charge in [0, 0.05) is 63.6 Å². The summed E-state index contributed by atoms with van der Waals surface area (Å²) < 4.78 is 17.1. The Labute approximate surface area is 202 Å². The standard InChI is InChI=1S/C26H36N4O4/c1-3-22-19-29(18-21-15-23(32-2)6-7-25(21)34-22)10-8-26(31)28-17-24(20-5-4-9-27-16-20)30-11-13-33-14-12-30/h4-7,9,15-16,22,24H,3,8,10-14,17-19H2,1-2H3,(H,28,31). The van der Waals surface area contributed by atoms with Gasteiger partial charge in [0.25, 0.3) is 0 Å². The molecule has 0 bridgehead atoms. The molecule has 0 saturated carbocycles. The van der Waals surface area contributed by atoms with E-state index in [2.05, 4.69) is 33.1 Å². The second-order valence-corrected chi connectivity index (χ2v) is 8.86. The fourth-order valence-corrected chi connectivity index (χ4v) is 4.59. The van der Waals surface area contributed by atoms with Crippen molar-refractivity contribution in [3.8, 4) is 11.5 Å². The molecule has 34 heavy (non-hydrogen) atoms. The summed E-state index contributed by atoms with van der Waals surface area (Å²) in [5, 5.41) is 3.17. The lowest BCUT2D eigenvalue weighted by Gasteiger charge is -2.34. The minimum atomic E-state index is 0.0613. The summed E-state index contributed by atoms with van der Waals surface area (Å²) in [6.45, 7) is 8.04. The quantitative estimate of drug-likeness (QED) is 0.606. The molecular weight excluding hydrogens is 432 g/mol. The van der Waals surface area contributed by atoms with Crippen LogP contribution in [0.25, 0.3) is 0 Å². The Kier molecular flexibility index (Phi) is 8.73. The molecule has 1 aromatic heterocycles. The van der Waals surface area contributed by atoms with Gasteiger partial charge in [0.05, 0.1) is 26.4 Å². The number of benzene rings is 1. The zero-order valence-electron chi connectivity index (χ0n) is 20.2. The number of carbonyl (C=O) groups is 1. The van der Waals surface area contributed by atoms with Crippen LogP contribution in [0.2, 0.25) is 0 Å². The molecule has 8 nitrogen and oxygen atoms in total. The number of methoxy groups -OCH3 is 1. The van der Waals surface area contributed by atoms with Crippen molar-refractivity contribution in [3.63, 3.8) is 0 Å². The van der Waals surface area contributed by atoms with Gasteiger partial charge in [-0.15, -0.1) is 0 Å². The van der Waals surface area contributed by atoms with Crippen LogP contribution >= 0.6 is 0 Å². The molecule has 1 aromatic carbocycles. The summed E-state index contributed by atoms with van der Waals surface area (Å²) in [5.74, 6) is 1.79. The first kappa shape index (κ1) is 24.4. The molecule has 2 atom stereocenters. The normalized spacial score (nSPS) is 20.0. The molecule has 4 rings (SSSR count). The van der Waals surface area contributed by atoms with E-state index in [1.807, 2.05) is 30.5 Å². The van der Waals surface area contributed by atoms with Crippen LogP contribution in [-0.4, -0.2) is 79.8 Å². The van der Waals surface area contributed by atoms with Crippen LogP contribution in [0.4, 0.5) is 0 Å². The summed E-state index contributed by atoms with van der Waals surface area (Å²) >= 11 is 0. The van der Waals surface area contributed by atoms with E-state index in [0.29, 0.717) is 32.7 Å². The molecule has 0 aliphatic carbocycles. The van der Waals surface area contributed by atoms with Crippen molar-refractivity contribution in [2.75, 3.05) is 53.0 Å². The van der Waals surface area contributed by atoms with E-state index in [0.717, 1.165) is 55.2 Å². The van der Waals surface area contributed by atoms with Crippen LogP contribution in [0, 0.1) is 0 Å². The highest BCUT2D eigenvalue weighted by Gasteiger charge is 2.25. The zero-order valence-corrected chi connectivity index (χ0v) is 20.2. The second-order valence-electron chi connectivity index (χ2n) is 8.86. The number of hydrogen-bond acceptors (Lipinski definition) is 7. The largest absolute Gasteiger partial charge is 0.497 e. The number of rotatable bonds is 9. The lowest BCUT2D eigenvalue weighted by Crippen LogP contribution is -2.44. The van der Waals surface area contributed by atoms with E-state index in [1.165, 1.54) is 0 Å². The Morgan fingerprint density at radius 1 is 1.29 bits per heavy atom. The van der Waals surface area contributed by atoms with Gasteiger partial charge in [-0.3, -0.25) is 19.6 Å². The molecule has 1 N–H and O–H groups in total. The van der Waals surface area contributed by atoms with Crippen LogP contribution in [0.5, 0.6) is 11.5 Å². The van der Waals surface area contributed by atoms with Gasteiger partial charge in [-0.1, -0.05) is 13.0 Å². The average molecular weight is 469 g/mol. The molecule has 2 aliphatic heterocycles. The van der Waals surface area contributed by atoms with Gasteiger partial charge in [-0.25, -0.2) is 0 Å². The SMILES string of the molecule is CCC1CN(CCC(=O)NCC(c2cccnc2)N2CCOCC2)Cc2cc(OC)ccc2O1. The molecule has 2 unspecified atom stereocenters. The predicted octanol–water partition coefficient (Wildman–Crippen LogP) is 2.64. The van der Waals surface area contributed by atoms with Gasteiger partial charge in [0.15, 0.2) is 0 Å². The summed E-state index contributed by atoms with van der Waals surface area (Å²) in [5.41, 5.74) is 2.21. The highest BCUT2D eigenvalue weighted by atomic mass is 16.5. The van der Waals surface area contributed by atoms with Gasteiger partial charge in [0.2, 0.25) is 5.91 Å². The van der Waals surface area contributed by atoms with E-state index >= 15 is 0 Å². The highest BCUT2D eigenvalue weighted by molar-refractivity contribution is 5.76. The molecule has 2 aromatic rings. The molecule has 0 radical (unpaired) electrons. The first-order valence-electron chi connectivity index (χ1n) is 12.2. The first-order chi connectivity index (χ1) is 16.7. The van der Waals surface area contributed by atoms with Crippen LogP contribution < -0.4 is 14.8 Å². The number of ether oxygens (including phenoxy) is 3. The minimum absolute atomic E-state index is 0.0613. The molecule has 3 heterocycles. The number of carbonyl (C=O) groups excluding carboxylic acids is 1. The van der Waals surface area contributed by atoms with Gasteiger partial charge >= 0.3 is 0 Å². The Morgan fingerprint density at radius 3 is 2.88 bits per heavy atom. The van der Waals surface area contributed by atoms with Crippen molar-refractivity contribution in [3.05, 3.63) is 53.9 Å². The molecule has 1 amide bonds. The average Bonchev–Trinajstić information content (AvgIpc) is 3.07. The lowest BCUT2D eigenvalue weighted by atomic mass is 10.1. The maximum atomic E-state index is 12.8. The number of pyridine rings is 1. The zero-order chi connectivity index (χ0) is 23.8. The summed E-state index contributed by atoms with van der Waals surface area (Å²) in [4.78, 5) is 21.8. The number of nitrogens with zero attached hydrogens (tertiary/aromatic N) is 3. The molecule has 8 heteroatoms.